The van der Waals surface area contributed by atoms with Gasteiger partial charge in [0.25, 0.3) is 5.91 Å². The van der Waals surface area contributed by atoms with Gasteiger partial charge in [-0.2, -0.15) is 0 Å². The number of nitrogens with one attached hydrogen (secondary N) is 1. The molecule has 1 heterocycles. The van der Waals surface area contributed by atoms with Crippen LogP contribution in [-0.2, 0) is 4.79 Å². The second kappa shape index (κ2) is 6.93. The van der Waals surface area contributed by atoms with Crippen LogP contribution >= 0.6 is 11.6 Å². The second-order valence-electron chi connectivity index (χ2n) is 5.45. The Morgan fingerprint density at radius 2 is 2.04 bits per heavy atom. The number of para-hydroxylation sites is 1. The number of nitrogens with zero attached hydrogens (tertiary/aromatic N) is 1. The first-order chi connectivity index (χ1) is 11.6. The Bertz CT molecular complexity index is 778. The number of hydrogen-bond donors (Lipinski definition) is 1. The Morgan fingerprint density at radius 1 is 1.25 bits per heavy atom. The van der Waals surface area contributed by atoms with E-state index in [1.54, 1.807) is 53.4 Å². The van der Waals surface area contributed by atoms with Crippen molar-refractivity contribution in [2.75, 3.05) is 20.2 Å². The molecule has 1 unspecified atom stereocenters. The van der Waals surface area contributed by atoms with E-state index in [4.69, 9.17) is 16.3 Å². The van der Waals surface area contributed by atoms with E-state index in [1.165, 1.54) is 7.11 Å². The van der Waals surface area contributed by atoms with Crippen molar-refractivity contribution in [3.05, 3.63) is 64.7 Å². The molecule has 0 spiro atoms. The van der Waals surface area contributed by atoms with Crippen LogP contribution in [0.2, 0.25) is 5.02 Å². The molecule has 1 atom stereocenters. The summed E-state index contributed by atoms with van der Waals surface area (Å²) in [6.07, 6.45) is 0. The van der Waals surface area contributed by atoms with E-state index in [0.717, 1.165) is 0 Å². The number of rotatable bonds is 3. The standard InChI is InChI=1S/C18H17ClN2O3/c1-24-15-8-3-2-7-14(15)18(23)21-10-9-20-17(22)16(21)12-5-4-6-13(19)11-12/h2-8,11,16H,9-10H2,1H3,(H,20,22). The summed E-state index contributed by atoms with van der Waals surface area (Å²) in [7, 11) is 1.52. The molecule has 0 bridgehead atoms. The fourth-order valence-electron chi connectivity index (χ4n) is 2.87. The first kappa shape index (κ1) is 16.3. The number of halogens is 1. The fourth-order valence-corrected chi connectivity index (χ4v) is 3.07. The minimum Gasteiger partial charge on any atom is -0.496 e. The van der Waals surface area contributed by atoms with Gasteiger partial charge in [-0.05, 0) is 29.8 Å². The molecule has 2 amide bonds. The number of methoxy groups -OCH3 is 1. The third-order valence-corrected chi connectivity index (χ3v) is 4.21. The number of hydrogen-bond acceptors (Lipinski definition) is 3. The molecule has 0 aliphatic carbocycles. The van der Waals surface area contributed by atoms with Crippen LogP contribution < -0.4 is 10.1 Å². The van der Waals surface area contributed by atoms with Gasteiger partial charge in [0.1, 0.15) is 11.8 Å². The number of piperazine rings is 1. The fraction of sp³-hybridized carbons (Fsp3) is 0.222. The lowest BCUT2D eigenvalue weighted by atomic mass is 10.0. The van der Waals surface area contributed by atoms with Gasteiger partial charge >= 0.3 is 0 Å². The Kier molecular flexibility index (Phi) is 4.71. The van der Waals surface area contributed by atoms with Crippen LogP contribution in [0, 0.1) is 0 Å². The van der Waals surface area contributed by atoms with E-state index in [-0.39, 0.29) is 11.8 Å². The van der Waals surface area contributed by atoms with Crippen LogP contribution in [0.4, 0.5) is 0 Å². The van der Waals surface area contributed by atoms with Crippen molar-refractivity contribution in [2.45, 2.75) is 6.04 Å². The summed E-state index contributed by atoms with van der Waals surface area (Å²) in [6.45, 7) is 0.830. The number of ether oxygens (including phenoxy) is 1. The summed E-state index contributed by atoms with van der Waals surface area (Å²) < 4.78 is 5.28. The lowest BCUT2D eigenvalue weighted by molar-refractivity contribution is -0.128. The maximum absolute atomic E-state index is 13.0. The maximum atomic E-state index is 13.0. The molecule has 1 aliphatic heterocycles. The van der Waals surface area contributed by atoms with Gasteiger partial charge in [-0.3, -0.25) is 9.59 Å². The zero-order chi connectivity index (χ0) is 17.1. The minimum atomic E-state index is -0.713. The lowest BCUT2D eigenvalue weighted by Crippen LogP contribution is -2.52. The molecule has 5 nitrogen and oxygen atoms in total. The maximum Gasteiger partial charge on any atom is 0.258 e. The molecule has 0 aromatic heterocycles. The predicted octanol–water partition coefficient (Wildman–Crippen LogP) is 2.66. The highest BCUT2D eigenvalue weighted by Crippen LogP contribution is 2.29. The summed E-state index contributed by atoms with van der Waals surface area (Å²) >= 11 is 6.05. The highest BCUT2D eigenvalue weighted by atomic mass is 35.5. The third kappa shape index (κ3) is 3.08. The van der Waals surface area contributed by atoms with Gasteiger partial charge in [0, 0.05) is 18.1 Å². The summed E-state index contributed by atoms with van der Waals surface area (Å²) in [5.41, 5.74) is 1.12. The van der Waals surface area contributed by atoms with E-state index < -0.39 is 6.04 Å². The lowest BCUT2D eigenvalue weighted by Gasteiger charge is -2.35. The molecule has 2 aromatic carbocycles. The molecule has 2 aromatic rings. The summed E-state index contributed by atoms with van der Waals surface area (Å²) in [6, 6.07) is 13.3. The molecule has 24 heavy (non-hydrogen) atoms. The van der Waals surface area contributed by atoms with Gasteiger partial charge in [-0.15, -0.1) is 0 Å². The number of carbonyl (C=O) groups excluding carboxylic acids is 2. The minimum absolute atomic E-state index is 0.216. The first-order valence-electron chi connectivity index (χ1n) is 7.59. The van der Waals surface area contributed by atoms with Gasteiger partial charge < -0.3 is 15.0 Å². The van der Waals surface area contributed by atoms with Gasteiger partial charge in [0.2, 0.25) is 5.91 Å². The molecular weight excluding hydrogens is 328 g/mol. The van der Waals surface area contributed by atoms with Crippen LogP contribution in [-0.4, -0.2) is 36.9 Å². The average molecular weight is 345 g/mol. The van der Waals surface area contributed by atoms with Crippen molar-refractivity contribution in [1.82, 2.24) is 10.2 Å². The first-order valence-corrected chi connectivity index (χ1v) is 7.97. The predicted molar refractivity (Wildman–Crippen MR) is 91.2 cm³/mol. The molecule has 1 fully saturated rings. The Labute approximate surface area is 145 Å². The molecule has 6 heteroatoms. The quantitative estimate of drug-likeness (QED) is 0.931. The highest BCUT2D eigenvalue weighted by molar-refractivity contribution is 6.30. The molecule has 1 aliphatic rings. The van der Waals surface area contributed by atoms with Gasteiger partial charge in [-0.1, -0.05) is 35.9 Å². The monoisotopic (exact) mass is 344 g/mol. The largest absolute Gasteiger partial charge is 0.496 e. The Morgan fingerprint density at radius 3 is 2.79 bits per heavy atom. The van der Waals surface area contributed by atoms with Crippen LogP contribution in [0.15, 0.2) is 48.5 Å². The zero-order valence-corrected chi connectivity index (χ0v) is 13.9. The summed E-state index contributed by atoms with van der Waals surface area (Å²) in [5.74, 6) is 0.0253. The van der Waals surface area contributed by atoms with Crippen LogP contribution in [0.3, 0.4) is 0 Å². The van der Waals surface area contributed by atoms with Crippen molar-refractivity contribution in [1.29, 1.82) is 0 Å². The van der Waals surface area contributed by atoms with Gasteiger partial charge in [0.05, 0.1) is 12.7 Å². The molecule has 3 rings (SSSR count). The summed E-state index contributed by atoms with van der Waals surface area (Å²) in [5, 5.41) is 3.33. The number of carbonyl (C=O) groups is 2. The molecular formula is C18H17ClN2O3. The molecule has 124 valence electrons. The van der Waals surface area contributed by atoms with Crippen molar-refractivity contribution < 1.29 is 14.3 Å². The topological polar surface area (TPSA) is 58.6 Å². The Hall–Kier alpha value is -2.53. The van der Waals surface area contributed by atoms with E-state index in [0.29, 0.717) is 35.0 Å². The van der Waals surface area contributed by atoms with Crippen LogP contribution in [0.5, 0.6) is 5.75 Å². The highest BCUT2D eigenvalue weighted by Gasteiger charge is 2.35. The number of benzene rings is 2. The number of amides is 2. The van der Waals surface area contributed by atoms with Crippen molar-refractivity contribution >= 4 is 23.4 Å². The normalized spacial score (nSPS) is 17.3. The molecule has 0 radical (unpaired) electrons. The smallest absolute Gasteiger partial charge is 0.258 e. The van der Waals surface area contributed by atoms with Crippen molar-refractivity contribution in [3.8, 4) is 5.75 Å². The van der Waals surface area contributed by atoms with E-state index in [2.05, 4.69) is 5.32 Å². The zero-order valence-electron chi connectivity index (χ0n) is 13.2. The summed E-state index contributed by atoms with van der Waals surface area (Å²) in [4.78, 5) is 27.0. The van der Waals surface area contributed by atoms with Crippen molar-refractivity contribution in [3.63, 3.8) is 0 Å². The van der Waals surface area contributed by atoms with Gasteiger partial charge in [0.15, 0.2) is 0 Å². The van der Waals surface area contributed by atoms with E-state index >= 15 is 0 Å². The van der Waals surface area contributed by atoms with Gasteiger partial charge in [-0.25, -0.2) is 0 Å². The van der Waals surface area contributed by atoms with E-state index in [9.17, 15) is 9.59 Å². The average Bonchev–Trinajstić information content (AvgIpc) is 2.60. The van der Waals surface area contributed by atoms with Crippen LogP contribution in [0.1, 0.15) is 22.0 Å². The third-order valence-electron chi connectivity index (χ3n) is 3.97. The van der Waals surface area contributed by atoms with Crippen molar-refractivity contribution in [2.24, 2.45) is 0 Å². The van der Waals surface area contributed by atoms with E-state index in [1.807, 2.05) is 0 Å². The molecule has 1 N–H and O–H groups in total. The second-order valence-corrected chi connectivity index (χ2v) is 5.88. The molecule has 1 saturated heterocycles. The van der Waals surface area contributed by atoms with Crippen LogP contribution in [0.25, 0.3) is 0 Å². The SMILES string of the molecule is COc1ccccc1C(=O)N1CCNC(=O)C1c1cccc(Cl)c1. The molecule has 0 saturated carbocycles. The Balaban J connectivity index is 2.00.